The van der Waals surface area contributed by atoms with Crippen molar-refractivity contribution in [2.45, 2.75) is 57.2 Å². The van der Waals surface area contributed by atoms with E-state index in [0.717, 1.165) is 5.56 Å². The van der Waals surface area contributed by atoms with Crippen LogP contribution in [-0.2, 0) is 30.2 Å². The molecule has 0 spiro atoms. The minimum atomic E-state index is -0.758. The summed E-state index contributed by atoms with van der Waals surface area (Å²) in [6, 6.07) is 7.65. The highest BCUT2D eigenvalue weighted by Gasteiger charge is 2.33. The van der Waals surface area contributed by atoms with E-state index in [2.05, 4.69) is 27.2 Å². The van der Waals surface area contributed by atoms with Crippen LogP contribution in [0.1, 0.15) is 25.8 Å². The fourth-order valence-corrected chi connectivity index (χ4v) is 3.71. The summed E-state index contributed by atoms with van der Waals surface area (Å²) in [5, 5.41) is 9.73. The van der Waals surface area contributed by atoms with Gasteiger partial charge in [0.05, 0.1) is 38.4 Å². The summed E-state index contributed by atoms with van der Waals surface area (Å²) in [6.45, 7) is 7.97. The SMILES string of the molecule is C=CCO[C@@H]1O[C@H](CN=[N+]=[N-])C=C[C@@H]1N[C@@H](Cc1ccccc1)C(=O)N[C@@H](CC(C)C)C(=O)OC. The number of nitrogens with zero attached hydrogens (tertiary/aromatic N) is 3. The Kier molecular flexibility index (Phi) is 12.0. The molecule has 10 heteroatoms. The fourth-order valence-electron chi connectivity index (χ4n) is 3.71. The normalized spacial score (nSPS) is 21.0. The van der Waals surface area contributed by atoms with Crippen LogP contribution in [0.3, 0.4) is 0 Å². The quantitative estimate of drug-likeness (QED) is 0.137. The molecule has 5 atom stereocenters. The maximum absolute atomic E-state index is 13.4. The molecule has 2 rings (SSSR count). The van der Waals surface area contributed by atoms with Gasteiger partial charge >= 0.3 is 5.97 Å². The van der Waals surface area contributed by atoms with Crippen molar-refractivity contribution in [1.82, 2.24) is 10.6 Å². The van der Waals surface area contributed by atoms with Crippen LogP contribution in [0.4, 0.5) is 0 Å². The van der Waals surface area contributed by atoms with E-state index < -0.39 is 36.5 Å². The van der Waals surface area contributed by atoms with Gasteiger partial charge in [-0.2, -0.15) is 0 Å². The van der Waals surface area contributed by atoms with Crippen LogP contribution in [0.15, 0.2) is 60.3 Å². The molecule has 10 nitrogen and oxygen atoms in total. The van der Waals surface area contributed by atoms with Crippen molar-refractivity contribution in [3.05, 3.63) is 71.1 Å². The van der Waals surface area contributed by atoms with Crippen LogP contribution in [-0.4, -0.2) is 62.7 Å². The second-order valence-corrected chi connectivity index (χ2v) is 8.61. The maximum atomic E-state index is 13.4. The third-order valence-corrected chi connectivity index (χ3v) is 5.34. The summed E-state index contributed by atoms with van der Waals surface area (Å²) < 4.78 is 16.6. The third-order valence-electron chi connectivity index (χ3n) is 5.34. The second-order valence-electron chi connectivity index (χ2n) is 8.61. The molecule has 0 fully saturated rings. The first kappa shape index (κ1) is 28.1. The second kappa shape index (κ2) is 15.0. The smallest absolute Gasteiger partial charge is 0.328 e. The van der Waals surface area contributed by atoms with E-state index >= 15 is 0 Å². The van der Waals surface area contributed by atoms with E-state index in [9.17, 15) is 9.59 Å². The van der Waals surface area contributed by atoms with Crippen molar-refractivity contribution in [1.29, 1.82) is 0 Å². The Morgan fingerprint density at radius 2 is 2.00 bits per heavy atom. The zero-order valence-corrected chi connectivity index (χ0v) is 20.5. The Morgan fingerprint density at radius 3 is 2.63 bits per heavy atom. The topological polar surface area (TPSA) is 135 Å². The van der Waals surface area contributed by atoms with E-state index in [-0.39, 0.29) is 25.0 Å². The van der Waals surface area contributed by atoms with Gasteiger partial charge in [0.15, 0.2) is 6.29 Å². The van der Waals surface area contributed by atoms with Gasteiger partial charge in [-0.3, -0.25) is 10.1 Å². The summed E-state index contributed by atoms with van der Waals surface area (Å²) in [7, 11) is 1.31. The lowest BCUT2D eigenvalue weighted by molar-refractivity contribution is -0.168. The van der Waals surface area contributed by atoms with Crippen molar-refractivity contribution in [3.63, 3.8) is 0 Å². The van der Waals surface area contributed by atoms with Crippen LogP contribution in [0.5, 0.6) is 0 Å². The van der Waals surface area contributed by atoms with Crippen LogP contribution in [0.2, 0.25) is 0 Å². The largest absolute Gasteiger partial charge is 0.467 e. The minimum Gasteiger partial charge on any atom is -0.467 e. The number of hydrogen-bond acceptors (Lipinski definition) is 7. The molecule has 0 aliphatic carbocycles. The molecule has 0 radical (unpaired) electrons. The monoisotopic (exact) mass is 485 g/mol. The molecule has 1 heterocycles. The lowest BCUT2D eigenvalue weighted by Gasteiger charge is -2.34. The van der Waals surface area contributed by atoms with Crippen LogP contribution < -0.4 is 10.6 Å². The average Bonchev–Trinajstić information content (AvgIpc) is 2.86. The van der Waals surface area contributed by atoms with E-state index in [0.29, 0.717) is 12.8 Å². The van der Waals surface area contributed by atoms with Crippen molar-refractivity contribution < 1.29 is 23.8 Å². The molecule has 0 bridgehead atoms. The number of ether oxygens (including phenoxy) is 3. The minimum absolute atomic E-state index is 0.123. The highest BCUT2D eigenvalue weighted by atomic mass is 16.7. The van der Waals surface area contributed by atoms with Gasteiger partial charge < -0.3 is 19.5 Å². The molecule has 35 heavy (non-hydrogen) atoms. The number of carbonyl (C=O) groups is 2. The third kappa shape index (κ3) is 9.54. The van der Waals surface area contributed by atoms with E-state index in [1.807, 2.05) is 50.3 Å². The van der Waals surface area contributed by atoms with Gasteiger partial charge in [0, 0.05) is 4.91 Å². The number of carbonyl (C=O) groups excluding carboxylic acids is 2. The Bertz CT molecular complexity index is 901. The molecule has 0 aromatic heterocycles. The van der Waals surface area contributed by atoms with E-state index in [4.69, 9.17) is 19.7 Å². The summed E-state index contributed by atoms with van der Waals surface area (Å²) >= 11 is 0. The van der Waals surface area contributed by atoms with Crippen molar-refractivity contribution in [2.24, 2.45) is 11.0 Å². The van der Waals surface area contributed by atoms with Crippen LogP contribution in [0, 0.1) is 5.92 Å². The molecule has 0 unspecified atom stereocenters. The van der Waals surface area contributed by atoms with Gasteiger partial charge in [-0.15, -0.1) is 6.58 Å². The van der Waals surface area contributed by atoms with Crippen molar-refractivity contribution in [3.8, 4) is 0 Å². The van der Waals surface area contributed by atoms with Gasteiger partial charge in [-0.25, -0.2) is 4.79 Å². The van der Waals surface area contributed by atoms with Gasteiger partial charge in [0.25, 0.3) is 0 Å². The van der Waals surface area contributed by atoms with Crippen molar-refractivity contribution >= 4 is 11.9 Å². The molecule has 2 N–H and O–H groups in total. The number of benzene rings is 1. The number of hydrogen-bond donors (Lipinski definition) is 2. The lowest BCUT2D eigenvalue weighted by Crippen LogP contribution is -2.57. The summed E-state index contributed by atoms with van der Waals surface area (Å²) in [4.78, 5) is 28.5. The van der Waals surface area contributed by atoms with E-state index in [1.165, 1.54) is 7.11 Å². The molecule has 1 aliphatic rings. The van der Waals surface area contributed by atoms with Gasteiger partial charge in [-0.05, 0) is 29.9 Å². The number of esters is 1. The number of rotatable bonds is 14. The summed E-state index contributed by atoms with van der Waals surface area (Å²) in [5.74, 6) is -0.643. The average molecular weight is 486 g/mol. The Labute approximate surface area is 206 Å². The molecule has 1 aromatic carbocycles. The summed E-state index contributed by atoms with van der Waals surface area (Å²) in [5.41, 5.74) is 9.55. The van der Waals surface area contributed by atoms with E-state index in [1.54, 1.807) is 12.2 Å². The highest BCUT2D eigenvalue weighted by molar-refractivity contribution is 5.87. The van der Waals surface area contributed by atoms with Gasteiger partial charge in [0.1, 0.15) is 6.04 Å². The molecule has 1 aromatic rings. The summed E-state index contributed by atoms with van der Waals surface area (Å²) in [6.07, 6.45) is 4.85. The number of methoxy groups -OCH3 is 1. The molecule has 190 valence electrons. The predicted octanol–water partition coefficient (Wildman–Crippen LogP) is 3.05. The standard InChI is InChI=1S/C25H35N5O5/c1-5-13-34-25-20(12-11-19(35-25)16-27-30-26)28-21(15-18-9-7-6-8-10-18)23(31)29-22(14-17(2)3)24(32)33-4/h5-12,17,19-22,25,28H,1,13-16H2,2-4H3,(H,29,31)/t19-,20-,21-,22-,25+/m0/s1. The molecule has 1 aliphatic heterocycles. The molecule has 0 saturated heterocycles. The first-order valence-corrected chi connectivity index (χ1v) is 11.6. The molecular formula is C25H35N5O5. The Morgan fingerprint density at radius 1 is 1.26 bits per heavy atom. The zero-order chi connectivity index (χ0) is 25.6. The Hall–Kier alpha value is -3.17. The Balaban J connectivity index is 2.26. The van der Waals surface area contributed by atoms with Crippen molar-refractivity contribution in [2.75, 3.05) is 20.3 Å². The van der Waals surface area contributed by atoms with Gasteiger partial charge in [-0.1, -0.05) is 67.5 Å². The van der Waals surface area contributed by atoms with Crippen LogP contribution in [0.25, 0.3) is 10.4 Å². The number of amides is 1. The number of nitrogens with one attached hydrogen (secondary N) is 2. The number of azide groups is 1. The highest BCUT2D eigenvalue weighted by Crippen LogP contribution is 2.17. The first-order chi connectivity index (χ1) is 16.9. The molecule has 1 amide bonds. The zero-order valence-electron chi connectivity index (χ0n) is 20.5. The molecular weight excluding hydrogens is 450 g/mol. The lowest BCUT2D eigenvalue weighted by atomic mass is 10.0. The van der Waals surface area contributed by atoms with Crippen LogP contribution >= 0.6 is 0 Å². The van der Waals surface area contributed by atoms with Gasteiger partial charge in [0.2, 0.25) is 5.91 Å². The fraction of sp³-hybridized carbons (Fsp3) is 0.520. The molecule has 0 saturated carbocycles. The first-order valence-electron chi connectivity index (χ1n) is 11.6. The predicted molar refractivity (Wildman–Crippen MR) is 132 cm³/mol. The maximum Gasteiger partial charge on any atom is 0.328 e.